The lowest BCUT2D eigenvalue weighted by Crippen LogP contribution is -2.38. The molecular weight excluding hydrogens is 342 g/mol. The maximum absolute atomic E-state index is 5.44. The number of rotatable bonds is 9. The largest absolute Gasteiger partial charge is 0.497 e. The number of nitrogens with one attached hydrogen (secondary N) is 2. The molecule has 2 rings (SSSR count). The standard InChI is InChI=1S/C21H29N3O3/c1-5-22-21(24-15-17-8-6-7-9-19(17)26-3)23-13-12-16-14-18(25-2)10-11-20(16)27-4/h6-11,14H,5,12-13,15H2,1-4H3,(H2,22,23,24). The summed E-state index contributed by atoms with van der Waals surface area (Å²) >= 11 is 0. The zero-order valence-corrected chi connectivity index (χ0v) is 16.5. The summed E-state index contributed by atoms with van der Waals surface area (Å²) < 4.78 is 16.1. The molecule has 146 valence electrons. The molecule has 0 radical (unpaired) electrons. The fourth-order valence-electron chi connectivity index (χ4n) is 2.73. The number of para-hydroxylation sites is 1. The highest BCUT2D eigenvalue weighted by atomic mass is 16.5. The minimum atomic E-state index is 0.543. The van der Waals surface area contributed by atoms with Crippen molar-refractivity contribution in [3.8, 4) is 17.2 Å². The number of aliphatic imine (C=N–C) groups is 1. The number of ether oxygens (including phenoxy) is 3. The number of hydrogen-bond donors (Lipinski definition) is 2. The quantitative estimate of drug-likeness (QED) is 0.524. The predicted molar refractivity (Wildman–Crippen MR) is 109 cm³/mol. The minimum absolute atomic E-state index is 0.543. The van der Waals surface area contributed by atoms with Gasteiger partial charge >= 0.3 is 0 Å². The first-order valence-corrected chi connectivity index (χ1v) is 9.06. The minimum Gasteiger partial charge on any atom is -0.497 e. The number of guanidine groups is 1. The molecule has 0 fully saturated rings. The van der Waals surface area contributed by atoms with Crippen LogP contribution in [0.4, 0.5) is 0 Å². The topological polar surface area (TPSA) is 64.1 Å². The highest BCUT2D eigenvalue weighted by Crippen LogP contribution is 2.24. The summed E-state index contributed by atoms with van der Waals surface area (Å²) in [4.78, 5) is 4.66. The second kappa shape index (κ2) is 11.0. The van der Waals surface area contributed by atoms with Gasteiger partial charge in [0.2, 0.25) is 0 Å². The lowest BCUT2D eigenvalue weighted by molar-refractivity contribution is 0.398. The molecule has 0 bridgehead atoms. The van der Waals surface area contributed by atoms with Crippen molar-refractivity contribution in [2.45, 2.75) is 19.9 Å². The summed E-state index contributed by atoms with van der Waals surface area (Å²) in [6.45, 7) is 4.11. The van der Waals surface area contributed by atoms with Crippen LogP contribution in [0.5, 0.6) is 17.2 Å². The number of hydrogen-bond acceptors (Lipinski definition) is 4. The summed E-state index contributed by atoms with van der Waals surface area (Å²) in [6.07, 6.45) is 0.791. The number of benzene rings is 2. The molecule has 0 spiro atoms. The van der Waals surface area contributed by atoms with Crippen LogP contribution >= 0.6 is 0 Å². The van der Waals surface area contributed by atoms with E-state index in [9.17, 15) is 0 Å². The van der Waals surface area contributed by atoms with Crippen LogP contribution in [-0.4, -0.2) is 40.4 Å². The molecule has 0 saturated carbocycles. The van der Waals surface area contributed by atoms with Crippen molar-refractivity contribution in [2.24, 2.45) is 4.99 Å². The van der Waals surface area contributed by atoms with Gasteiger partial charge in [-0.1, -0.05) is 18.2 Å². The van der Waals surface area contributed by atoms with E-state index >= 15 is 0 Å². The highest BCUT2D eigenvalue weighted by Gasteiger charge is 2.06. The van der Waals surface area contributed by atoms with Gasteiger partial charge in [0.1, 0.15) is 17.2 Å². The lowest BCUT2D eigenvalue weighted by Gasteiger charge is -2.14. The van der Waals surface area contributed by atoms with Crippen LogP contribution in [-0.2, 0) is 13.0 Å². The van der Waals surface area contributed by atoms with Gasteiger partial charge in [0, 0.05) is 18.7 Å². The van der Waals surface area contributed by atoms with E-state index in [1.54, 1.807) is 21.3 Å². The molecule has 0 aromatic heterocycles. The zero-order valence-electron chi connectivity index (χ0n) is 16.5. The summed E-state index contributed by atoms with van der Waals surface area (Å²) in [5.41, 5.74) is 2.14. The van der Waals surface area contributed by atoms with Crippen molar-refractivity contribution in [1.29, 1.82) is 0 Å². The van der Waals surface area contributed by atoms with Crippen molar-refractivity contribution in [2.75, 3.05) is 34.4 Å². The Morgan fingerprint density at radius 3 is 2.33 bits per heavy atom. The molecule has 2 N–H and O–H groups in total. The zero-order chi connectivity index (χ0) is 19.5. The van der Waals surface area contributed by atoms with Gasteiger partial charge in [0.25, 0.3) is 0 Å². The van der Waals surface area contributed by atoms with Gasteiger partial charge in [0.15, 0.2) is 5.96 Å². The Morgan fingerprint density at radius 2 is 1.63 bits per heavy atom. The average Bonchev–Trinajstić information content (AvgIpc) is 2.72. The third-order valence-electron chi connectivity index (χ3n) is 4.12. The van der Waals surface area contributed by atoms with Gasteiger partial charge in [-0.05, 0) is 43.2 Å². The van der Waals surface area contributed by atoms with Crippen molar-refractivity contribution in [3.05, 3.63) is 53.6 Å². The molecule has 0 heterocycles. The Kier molecular flexibility index (Phi) is 8.29. The molecule has 0 amide bonds. The van der Waals surface area contributed by atoms with E-state index in [-0.39, 0.29) is 0 Å². The Balaban J connectivity index is 2.00. The van der Waals surface area contributed by atoms with E-state index in [2.05, 4.69) is 15.6 Å². The Labute approximate surface area is 161 Å². The molecular formula is C21H29N3O3. The van der Waals surface area contributed by atoms with Crippen LogP contribution < -0.4 is 24.8 Å². The lowest BCUT2D eigenvalue weighted by atomic mass is 10.1. The highest BCUT2D eigenvalue weighted by molar-refractivity contribution is 5.79. The summed E-state index contributed by atoms with van der Waals surface area (Å²) in [7, 11) is 5.02. The third-order valence-corrected chi connectivity index (χ3v) is 4.12. The fraction of sp³-hybridized carbons (Fsp3) is 0.381. The molecule has 0 saturated heterocycles. The first-order valence-electron chi connectivity index (χ1n) is 9.06. The second-order valence-electron chi connectivity index (χ2n) is 5.86. The van der Waals surface area contributed by atoms with Crippen molar-refractivity contribution in [1.82, 2.24) is 10.6 Å². The van der Waals surface area contributed by atoms with Gasteiger partial charge in [-0.25, -0.2) is 4.99 Å². The number of nitrogens with zero attached hydrogens (tertiary/aromatic N) is 1. The molecule has 0 atom stereocenters. The van der Waals surface area contributed by atoms with Crippen molar-refractivity contribution >= 4 is 5.96 Å². The Morgan fingerprint density at radius 1 is 0.889 bits per heavy atom. The van der Waals surface area contributed by atoms with Crippen LogP contribution in [0.25, 0.3) is 0 Å². The molecule has 2 aromatic rings. The predicted octanol–water partition coefficient (Wildman–Crippen LogP) is 3.01. The average molecular weight is 371 g/mol. The molecule has 6 nitrogen and oxygen atoms in total. The van der Waals surface area contributed by atoms with Gasteiger partial charge < -0.3 is 24.8 Å². The van der Waals surface area contributed by atoms with Crippen LogP contribution in [0.15, 0.2) is 47.5 Å². The van der Waals surface area contributed by atoms with E-state index in [0.29, 0.717) is 6.54 Å². The second-order valence-corrected chi connectivity index (χ2v) is 5.86. The van der Waals surface area contributed by atoms with E-state index in [1.165, 1.54) is 0 Å². The molecule has 0 aliphatic heterocycles. The third kappa shape index (κ3) is 6.09. The van der Waals surface area contributed by atoms with E-state index < -0.39 is 0 Å². The molecule has 0 aliphatic carbocycles. The van der Waals surface area contributed by atoms with Crippen molar-refractivity contribution < 1.29 is 14.2 Å². The molecule has 2 aromatic carbocycles. The van der Waals surface area contributed by atoms with Gasteiger partial charge in [0.05, 0.1) is 27.9 Å². The fourth-order valence-corrected chi connectivity index (χ4v) is 2.73. The van der Waals surface area contributed by atoms with Crippen LogP contribution in [0.1, 0.15) is 18.1 Å². The molecule has 0 aliphatic rings. The summed E-state index contributed by atoms with van der Waals surface area (Å²) in [5, 5.41) is 6.64. The molecule has 0 unspecified atom stereocenters. The van der Waals surface area contributed by atoms with Gasteiger partial charge in [-0.15, -0.1) is 0 Å². The van der Waals surface area contributed by atoms with Crippen LogP contribution in [0.2, 0.25) is 0 Å². The van der Waals surface area contributed by atoms with Crippen LogP contribution in [0, 0.1) is 0 Å². The maximum Gasteiger partial charge on any atom is 0.191 e. The van der Waals surface area contributed by atoms with Crippen molar-refractivity contribution in [3.63, 3.8) is 0 Å². The molecule has 27 heavy (non-hydrogen) atoms. The van der Waals surface area contributed by atoms with Crippen LogP contribution in [0.3, 0.4) is 0 Å². The molecule has 6 heteroatoms. The SMILES string of the molecule is CCNC(=NCc1ccccc1OC)NCCc1cc(OC)ccc1OC. The van der Waals surface area contributed by atoms with Gasteiger partial charge in [-0.2, -0.15) is 0 Å². The summed E-state index contributed by atoms with van der Waals surface area (Å²) in [6, 6.07) is 13.7. The smallest absolute Gasteiger partial charge is 0.191 e. The van der Waals surface area contributed by atoms with E-state index in [4.69, 9.17) is 14.2 Å². The first-order chi connectivity index (χ1) is 13.2. The normalized spacial score (nSPS) is 11.0. The summed E-state index contributed by atoms with van der Waals surface area (Å²) in [5.74, 6) is 3.29. The Hall–Kier alpha value is -2.89. The first kappa shape index (κ1) is 20.4. The maximum atomic E-state index is 5.44. The Bertz CT molecular complexity index is 747. The monoisotopic (exact) mass is 371 g/mol. The van der Waals surface area contributed by atoms with E-state index in [1.807, 2.05) is 49.4 Å². The van der Waals surface area contributed by atoms with E-state index in [0.717, 1.165) is 53.8 Å². The van der Waals surface area contributed by atoms with Gasteiger partial charge in [-0.3, -0.25) is 0 Å². The number of methoxy groups -OCH3 is 3.